The van der Waals surface area contributed by atoms with E-state index in [1.807, 2.05) is 11.0 Å². The molecule has 1 aliphatic heterocycles. The van der Waals surface area contributed by atoms with Gasteiger partial charge in [-0.1, -0.05) is 29.4 Å². The molecule has 1 aliphatic rings. The van der Waals surface area contributed by atoms with E-state index in [0.717, 1.165) is 10.9 Å². The number of hydrogen-bond donors (Lipinski definition) is 1. The third-order valence-electron chi connectivity index (χ3n) is 6.70. The molecule has 9 nitrogen and oxygen atoms in total. The quantitative estimate of drug-likeness (QED) is 0.408. The number of piperazine rings is 1. The highest BCUT2D eigenvalue weighted by atomic mass is 19.1. The number of fused-ring (bicyclic) bond motifs is 2. The lowest BCUT2D eigenvalue weighted by molar-refractivity contribution is 0.0746. The molecule has 3 heterocycles. The van der Waals surface area contributed by atoms with Crippen molar-refractivity contribution in [3.8, 4) is 0 Å². The number of amides is 1. The Morgan fingerprint density at radius 2 is 1.76 bits per heavy atom. The van der Waals surface area contributed by atoms with Gasteiger partial charge in [-0.05, 0) is 42.0 Å². The summed E-state index contributed by atoms with van der Waals surface area (Å²) in [4.78, 5) is 44.2. The van der Waals surface area contributed by atoms with Crippen molar-refractivity contribution in [3.05, 3.63) is 105 Å². The summed E-state index contributed by atoms with van der Waals surface area (Å²) in [6.07, 6.45) is 0. The van der Waals surface area contributed by atoms with Crippen molar-refractivity contribution in [1.29, 1.82) is 0 Å². The van der Waals surface area contributed by atoms with E-state index in [-0.39, 0.29) is 18.3 Å². The van der Waals surface area contributed by atoms with Crippen LogP contribution in [0.4, 0.5) is 10.2 Å². The molecular formula is C27H22FN5O4. The third kappa shape index (κ3) is 4.16. The van der Waals surface area contributed by atoms with Crippen LogP contribution in [-0.4, -0.2) is 51.7 Å². The van der Waals surface area contributed by atoms with Gasteiger partial charge in [-0.15, -0.1) is 0 Å². The molecule has 1 N–H and O–H groups in total. The molecule has 3 aromatic carbocycles. The number of aromatic amines is 1. The number of carbonyl (C=O) groups is 1. The van der Waals surface area contributed by atoms with Gasteiger partial charge in [0, 0.05) is 37.8 Å². The topological polar surface area (TPSA) is 104 Å². The van der Waals surface area contributed by atoms with Gasteiger partial charge >= 0.3 is 5.69 Å². The second-order valence-corrected chi connectivity index (χ2v) is 8.99. The molecule has 1 fully saturated rings. The molecule has 0 atom stereocenters. The molecule has 1 amide bonds. The van der Waals surface area contributed by atoms with Crippen molar-refractivity contribution >= 4 is 33.6 Å². The number of H-pyrrole nitrogens is 1. The SMILES string of the molecule is O=C(c1cccc(Cn2c(=O)[nH]c(=O)c3ccccc32)c1)N1CCN(c2noc3cc(F)ccc23)CC1. The molecule has 37 heavy (non-hydrogen) atoms. The summed E-state index contributed by atoms with van der Waals surface area (Å²) < 4.78 is 20.2. The van der Waals surface area contributed by atoms with Crippen LogP contribution in [0.15, 0.2) is 80.8 Å². The smallest absolute Gasteiger partial charge is 0.329 e. The average Bonchev–Trinajstić information content (AvgIpc) is 3.34. The molecule has 2 aromatic heterocycles. The first-order valence-corrected chi connectivity index (χ1v) is 11.9. The highest BCUT2D eigenvalue weighted by molar-refractivity contribution is 5.95. The van der Waals surface area contributed by atoms with E-state index in [1.165, 1.54) is 16.7 Å². The van der Waals surface area contributed by atoms with Gasteiger partial charge in [0.15, 0.2) is 11.4 Å². The maximum absolute atomic E-state index is 13.5. The summed E-state index contributed by atoms with van der Waals surface area (Å²) in [5.74, 6) is 0.154. The van der Waals surface area contributed by atoms with Crippen molar-refractivity contribution in [2.75, 3.05) is 31.1 Å². The molecule has 0 aliphatic carbocycles. The molecular weight excluding hydrogens is 477 g/mol. The molecule has 0 radical (unpaired) electrons. The summed E-state index contributed by atoms with van der Waals surface area (Å²) in [5.41, 5.74) is 1.29. The average molecular weight is 500 g/mol. The van der Waals surface area contributed by atoms with Crippen molar-refractivity contribution in [3.63, 3.8) is 0 Å². The fraction of sp³-hybridized carbons (Fsp3) is 0.185. The fourth-order valence-corrected chi connectivity index (χ4v) is 4.81. The van der Waals surface area contributed by atoms with E-state index in [2.05, 4.69) is 10.1 Å². The van der Waals surface area contributed by atoms with E-state index in [9.17, 15) is 18.8 Å². The molecule has 186 valence electrons. The molecule has 1 saturated heterocycles. The van der Waals surface area contributed by atoms with Gasteiger partial charge < -0.3 is 14.3 Å². The number of rotatable bonds is 4. The number of aromatic nitrogens is 3. The standard InChI is InChI=1S/C27H22FN5O4/c28-19-8-9-21-23(15-19)37-30-24(21)31-10-12-32(13-11-31)26(35)18-5-3-4-17(14-18)16-33-22-7-2-1-6-20(22)25(34)29-27(33)36/h1-9,14-15H,10-13,16H2,(H,29,34,36). The number of halogens is 1. The Kier molecular flexibility index (Phi) is 5.56. The van der Waals surface area contributed by atoms with Crippen molar-refractivity contribution < 1.29 is 13.7 Å². The van der Waals surface area contributed by atoms with Crippen LogP contribution in [0.3, 0.4) is 0 Å². The Morgan fingerprint density at radius 1 is 0.946 bits per heavy atom. The lowest BCUT2D eigenvalue weighted by Gasteiger charge is -2.34. The summed E-state index contributed by atoms with van der Waals surface area (Å²) in [5, 5.41) is 5.27. The zero-order valence-corrected chi connectivity index (χ0v) is 19.7. The molecule has 6 rings (SSSR count). The maximum Gasteiger partial charge on any atom is 0.329 e. The molecule has 0 unspecified atom stereocenters. The summed E-state index contributed by atoms with van der Waals surface area (Å²) >= 11 is 0. The highest BCUT2D eigenvalue weighted by Gasteiger charge is 2.25. The first kappa shape index (κ1) is 22.7. The lowest BCUT2D eigenvalue weighted by Crippen LogP contribution is -2.49. The molecule has 5 aromatic rings. The van der Waals surface area contributed by atoms with Crippen LogP contribution in [0.25, 0.3) is 21.9 Å². The Hall–Kier alpha value is -4.73. The largest absolute Gasteiger partial charge is 0.354 e. The van der Waals surface area contributed by atoms with Crippen LogP contribution >= 0.6 is 0 Å². The van der Waals surface area contributed by atoms with Crippen molar-refractivity contribution in [1.82, 2.24) is 19.6 Å². The number of hydrogen-bond acceptors (Lipinski definition) is 6. The van der Waals surface area contributed by atoms with Crippen LogP contribution in [0.2, 0.25) is 0 Å². The number of anilines is 1. The van der Waals surface area contributed by atoms with Gasteiger partial charge in [0.25, 0.3) is 11.5 Å². The van der Waals surface area contributed by atoms with Gasteiger partial charge in [0.1, 0.15) is 5.82 Å². The minimum Gasteiger partial charge on any atom is -0.354 e. The predicted molar refractivity (Wildman–Crippen MR) is 136 cm³/mol. The molecule has 0 saturated carbocycles. The number of benzene rings is 3. The van der Waals surface area contributed by atoms with E-state index in [4.69, 9.17) is 4.52 Å². The van der Waals surface area contributed by atoms with E-state index in [1.54, 1.807) is 53.4 Å². The lowest BCUT2D eigenvalue weighted by atomic mass is 10.1. The summed E-state index contributed by atoms with van der Waals surface area (Å²) in [6.45, 7) is 2.31. The Bertz CT molecular complexity index is 1760. The zero-order chi connectivity index (χ0) is 25.5. The number of nitrogens with one attached hydrogen (secondary N) is 1. The van der Waals surface area contributed by atoms with E-state index < -0.39 is 11.2 Å². The highest BCUT2D eigenvalue weighted by Crippen LogP contribution is 2.27. The summed E-state index contributed by atoms with van der Waals surface area (Å²) in [7, 11) is 0. The Labute approximate surface area is 209 Å². The molecule has 0 bridgehead atoms. The van der Waals surface area contributed by atoms with Gasteiger partial charge in [0.2, 0.25) is 0 Å². The van der Waals surface area contributed by atoms with Gasteiger partial charge in [0.05, 0.1) is 22.8 Å². The first-order valence-electron chi connectivity index (χ1n) is 11.9. The van der Waals surface area contributed by atoms with E-state index in [0.29, 0.717) is 54.0 Å². The zero-order valence-electron chi connectivity index (χ0n) is 19.7. The van der Waals surface area contributed by atoms with Crippen LogP contribution in [0.1, 0.15) is 15.9 Å². The van der Waals surface area contributed by atoms with Crippen LogP contribution in [0.5, 0.6) is 0 Å². The Balaban J connectivity index is 1.19. The number of carbonyl (C=O) groups excluding carboxylic acids is 1. The number of nitrogens with zero attached hydrogens (tertiary/aromatic N) is 4. The van der Waals surface area contributed by atoms with Gasteiger partial charge in [-0.2, -0.15) is 0 Å². The molecule has 10 heteroatoms. The minimum atomic E-state index is -0.500. The normalized spacial score (nSPS) is 14.0. The fourth-order valence-electron chi connectivity index (χ4n) is 4.81. The van der Waals surface area contributed by atoms with Crippen LogP contribution in [-0.2, 0) is 6.54 Å². The van der Waals surface area contributed by atoms with Gasteiger partial charge in [-0.25, -0.2) is 9.18 Å². The first-order chi connectivity index (χ1) is 18.0. The second kappa shape index (κ2) is 9.05. The minimum absolute atomic E-state index is 0.104. The van der Waals surface area contributed by atoms with E-state index >= 15 is 0 Å². The second-order valence-electron chi connectivity index (χ2n) is 8.99. The third-order valence-corrected chi connectivity index (χ3v) is 6.70. The van der Waals surface area contributed by atoms with Crippen molar-refractivity contribution in [2.45, 2.75) is 6.54 Å². The van der Waals surface area contributed by atoms with Gasteiger partial charge in [-0.3, -0.25) is 19.1 Å². The molecule has 0 spiro atoms. The Morgan fingerprint density at radius 3 is 2.59 bits per heavy atom. The predicted octanol–water partition coefficient (Wildman–Crippen LogP) is 2.98. The number of para-hydroxylation sites is 1. The van der Waals surface area contributed by atoms with Crippen molar-refractivity contribution in [2.24, 2.45) is 0 Å². The maximum atomic E-state index is 13.5. The van der Waals surface area contributed by atoms with Crippen LogP contribution in [0, 0.1) is 5.82 Å². The van der Waals surface area contributed by atoms with Crippen LogP contribution < -0.4 is 16.1 Å². The monoisotopic (exact) mass is 499 g/mol. The summed E-state index contributed by atoms with van der Waals surface area (Å²) in [6, 6.07) is 18.4.